The molecule has 0 aliphatic carbocycles. The van der Waals surface area contributed by atoms with Crippen molar-refractivity contribution in [3.63, 3.8) is 0 Å². The van der Waals surface area contributed by atoms with Crippen LogP contribution in [-0.4, -0.2) is 28.0 Å². The van der Waals surface area contributed by atoms with Crippen LogP contribution in [-0.2, 0) is 14.8 Å². The lowest BCUT2D eigenvalue weighted by Crippen LogP contribution is -2.35. The molecule has 7 heteroatoms. The number of sulfonamides is 1. The summed E-state index contributed by atoms with van der Waals surface area (Å²) in [5.41, 5.74) is 0.351. The van der Waals surface area contributed by atoms with Crippen molar-refractivity contribution in [2.45, 2.75) is 18.7 Å². The molecule has 0 bridgehead atoms. The molecule has 134 valence electrons. The predicted octanol–water partition coefficient (Wildman–Crippen LogP) is 3.98. The average molecular weight is 382 g/mol. The minimum absolute atomic E-state index is 0.0414. The van der Waals surface area contributed by atoms with Crippen molar-refractivity contribution in [1.29, 1.82) is 0 Å². The molecule has 0 aliphatic rings. The van der Waals surface area contributed by atoms with E-state index in [9.17, 15) is 13.2 Å². The van der Waals surface area contributed by atoms with E-state index in [1.807, 2.05) is 13.8 Å². The molecular formula is C18H20ClNO4S. The SMILES string of the molecule is COC(=O)c1cc(Cl)ccc1N(CC(C)C)S(=O)(=O)c1ccccc1. The largest absolute Gasteiger partial charge is 0.465 e. The first-order valence-electron chi connectivity index (χ1n) is 7.73. The van der Waals surface area contributed by atoms with Crippen molar-refractivity contribution in [3.05, 3.63) is 59.1 Å². The number of hydrogen-bond acceptors (Lipinski definition) is 4. The van der Waals surface area contributed by atoms with Crippen LogP contribution in [0.3, 0.4) is 0 Å². The molecule has 0 radical (unpaired) electrons. The first-order valence-corrected chi connectivity index (χ1v) is 9.55. The summed E-state index contributed by atoms with van der Waals surface area (Å²) in [6.07, 6.45) is 0. The van der Waals surface area contributed by atoms with Crippen LogP contribution in [0, 0.1) is 5.92 Å². The van der Waals surface area contributed by atoms with Gasteiger partial charge in [0.2, 0.25) is 0 Å². The van der Waals surface area contributed by atoms with Crippen LogP contribution in [0.4, 0.5) is 5.69 Å². The molecule has 0 saturated heterocycles. The number of esters is 1. The minimum Gasteiger partial charge on any atom is -0.465 e. The van der Waals surface area contributed by atoms with E-state index in [2.05, 4.69) is 0 Å². The van der Waals surface area contributed by atoms with E-state index in [1.165, 1.54) is 35.7 Å². The highest BCUT2D eigenvalue weighted by Crippen LogP contribution is 2.30. The molecule has 0 saturated carbocycles. The Balaban J connectivity index is 2.66. The third-order valence-corrected chi connectivity index (χ3v) is 5.52. The number of methoxy groups -OCH3 is 1. The highest BCUT2D eigenvalue weighted by molar-refractivity contribution is 7.92. The average Bonchev–Trinajstić information content (AvgIpc) is 2.59. The Morgan fingerprint density at radius 3 is 2.36 bits per heavy atom. The quantitative estimate of drug-likeness (QED) is 0.710. The van der Waals surface area contributed by atoms with Crippen LogP contribution in [0.15, 0.2) is 53.4 Å². The molecular weight excluding hydrogens is 362 g/mol. The van der Waals surface area contributed by atoms with Gasteiger partial charge in [0.25, 0.3) is 10.0 Å². The van der Waals surface area contributed by atoms with E-state index < -0.39 is 16.0 Å². The highest BCUT2D eigenvalue weighted by atomic mass is 35.5. The van der Waals surface area contributed by atoms with Crippen molar-refractivity contribution in [3.8, 4) is 0 Å². The summed E-state index contributed by atoms with van der Waals surface area (Å²) in [5, 5.41) is 0.325. The van der Waals surface area contributed by atoms with Gasteiger partial charge in [-0.3, -0.25) is 4.31 Å². The van der Waals surface area contributed by atoms with Crippen molar-refractivity contribution in [1.82, 2.24) is 0 Å². The van der Waals surface area contributed by atoms with Crippen LogP contribution in [0.5, 0.6) is 0 Å². The van der Waals surface area contributed by atoms with Crippen LogP contribution < -0.4 is 4.31 Å². The maximum Gasteiger partial charge on any atom is 0.340 e. The van der Waals surface area contributed by atoms with Gasteiger partial charge in [-0.05, 0) is 36.2 Å². The van der Waals surface area contributed by atoms with E-state index >= 15 is 0 Å². The van der Waals surface area contributed by atoms with E-state index in [-0.39, 0.29) is 28.6 Å². The molecule has 0 heterocycles. The zero-order valence-electron chi connectivity index (χ0n) is 14.3. The van der Waals surface area contributed by atoms with E-state index in [0.29, 0.717) is 5.02 Å². The summed E-state index contributed by atoms with van der Waals surface area (Å²) in [4.78, 5) is 12.3. The van der Waals surface area contributed by atoms with Gasteiger partial charge in [-0.2, -0.15) is 0 Å². The Hall–Kier alpha value is -2.05. The Morgan fingerprint density at radius 2 is 1.80 bits per heavy atom. The molecule has 0 amide bonds. The van der Waals surface area contributed by atoms with Crippen molar-refractivity contribution < 1.29 is 17.9 Å². The van der Waals surface area contributed by atoms with Gasteiger partial charge < -0.3 is 4.74 Å². The fourth-order valence-corrected chi connectivity index (χ4v) is 4.22. The second-order valence-electron chi connectivity index (χ2n) is 5.90. The fourth-order valence-electron chi connectivity index (χ4n) is 2.38. The molecule has 2 aromatic rings. The first-order chi connectivity index (χ1) is 11.8. The minimum atomic E-state index is -3.84. The fraction of sp³-hybridized carbons (Fsp3) is 0.278. The second-order valence-corrected chi connectivity index (χ2v) is 8.19. The molecule has 5 nitrogen and oxygen atoms in total. The third-order valence-electron chi connectivity index (χ3n) is 3.49. The standard InChI is InChI=1S/C18H20ClNO4S/c1-13(2)12-20(25(22,23)15-7-5-4-6-8-15)17-10-9-14(19)11-16(17)18(21)24-3/h4-11,13H,12H2,1-3H3. The normalized spacial score (nSPS) is 11.4. The van der Waals surface area contributed by atoms with E-state index in [0.717, 1.165) is 0 Å². The van der Waals surface area contributed by atoms with Crippen molar-refractivity contribution >= 4 is 33.3 Å². The number of halogens is 1. The molecule has 0 spiro atoms. The number of anilines is 1. The van der Waals surface area contributed by atoms with E-state index in [1.54, 1.807) is 24.3 Å². The number of benzene rings is 2. The maximum absolute atomic E-state index is 13.2. The summed E-state index contributed by atoms with van der Waals surface area (Å²) in [5.74, 6) is -0.603. The number of carbonyl (C=O) groups is 1. The van der Waals surface area contributed by atoms with Gasteiger partial charge in [0.05, 0.1) is 23.3 Å². The van der Waals surface area contributed by atoms with Crippen molar-refractivity contribution in [2.75, 3.05) is 18.0 Å². The molecule has 0 aromatic heterocycles. The molecule has 0 aliphatic heterocycles. The molecule has 0 atom stereocenters. The van der Waals surface area contributed by atoms with E-state index in [4.69, 9.17) is 16.3 Å². The summed E-state index contributed by atoms with van der Waals surface area (Å²) >= 11 is 5.98. The second kappa shape index (κ2) is 7.89. The molecule has 2 aromatic carbocycles. The zero-order valence-corrected chi connectivity index (χ0v) is 15.8. The third kappa shape index (κ3) is 4.32. The lowest BCUT2D eigenvalue weighted by molar-refractivity contribution is 0.0601. The summed E-state index contributed by atoms with van der Waals surface area (Å²) < 4.78 is 32.3. The van der Waals surface area contributed by atoms with Gasteiger partial charge in [0.15, 0.2) is 0 Å². The van der Waals surface area contributed by atoms with Crippen LogP contribution in [0.2, 0.25) is 5.02 Å². The summed E-state index contributed by atoms with van der Waals surface area (Å²) in [7, 11) is -2.60. The molecule has 25 heavy (non-hydrogen) atoms. The molecule has 2 rings (SSSR count). The topological polar surface area (TPSA) is 63.7 Å². The van der Waals surface area contributed by atoms with Gasteiger partial charge in [-0.1, -0.05) is 43.6 Å². The lowest BCUT2D eigenvalue weighted by Gasteiger charge is -2.27. The Kier molecular flexibility index (Phi) is 6.08. The predicted molar refractivity (Wildman–Crippen MR) is 98.6 cm³/mol. The van der Waals surface area contributed by atoms with Crippen LogP contribution >= 0.6 is 11.6 Å². The Morgan fingerprint density at radius 1 is 1.16 bits per heavy atom. The number of carbonyl (C=O) groups excluding carboxylic acids is 1. The summed E-state index contributed by atoms with van der Waals surface area (Å²) in [6.45, 7) is 4.02. The summed E-state index contributed by atoms with van der Waals surface area (Å²) in [6, 6.07) is 12.6. The molecule has 0 fully saturated rings. The number of nitrogens with zero attached hydrogens (tertiary/aromatic N) is 1. The smallest absolute Gasteiger partial charge is 0.340 e. The maximum atomic E-state index is 13.2. The van der Waals surface area contributed by atoms with Gasteiger partial charge >= 0.3 is 5.97 Å². The van der Waals surface area contributed by atoms with Gasteiger partial charge in [-0.15, -0.1) is 0 Å². The lowest BCUT2D eigenvalue weighted by atomic mass is 10.1. The van der Waals surface area contributed by atoms with Crippen molar-refractivity contribution in [2.24, 2.45) is 5.92 Å². The number of ether oxygens (including phenoxy) is 1. The van der Waals surface area contributed by atoms with Gasteiger partial charge in [0, 0.05) is 11.6 Å². The van der Waals surface area contributed by atoms with Gasteiger partial charge in [-0.25, -0.2) is 13.2 Å². The van der Waals surface area contributed by atoms with Crippen LogP contribution in [0.25, 0.3) is 0 Å². The Bertz CT molecular complexity index is 851. The van der Waals surface area contributed by atoms with Gasteiger partial charge in [0.1, 0.15) is 0 Å². The highest BCUT2D eigenvalue weighted by Gasteiger charge is 2.29. The first kappa shape index (κ1) is 19.3. The monoisotopic (exact) mass is 381 g/mol. The zero-order chi connectivity index (χ0) is 18.6. The molecule has 0 unspecified atom stereocenters. The number of hydrogen-bond donors (Lipinski definition) is 0. The van der Waals surface area contributed by atoms with Crippen LogP contribution in [0.1, 0.15) is 24.2 Å². The number of rotatable bonds is 6. The Labute approximate surface area is 153 Å². The molecule has 0 N–H and O–H groups in total.